The predicted octanol–water partition coefficient (Wildman–Crippen LogP) is 6.02. The summed E-state index contributed by atoms with van der Waals surface area (Å²) >= 11 is 3.49. The lowest BCUT2D eigenvalue weighted by Crippen LogP contribution is -2.46. The third-order valence-corrected chi connectivity index (χ3v) is 8.58. The first-order valence-electron chi connectivity index (χ1n) is 13.4. The molecule has 3 aromatic carbocycles. The van der Waals surface area contributed by atoms with E-state index in [2.05, 4.69) is 20.8 Å². The number of amides is 1. The number of para-hydroxylation sites is 1. The van der Waals surface area contributed by atoms with Crippen molar-refractivity contribution in [2.75, 3.05) is 32.0 Å². The molecule has 7 nitrogen and oxygen atoms in total. The van der Waals surface area contributed by atoms with Gasteiger partial charge in [0, 0.05) is 26.7 Å². The summed E-state index contributed by atoms with van der Waals surface area (Å²) in [7, 11) is 1.30. The summed E-state index contributed by atoms with van der Waals surface area (Å²) in [5, 5.41) is 0. The fourth-order valence-corrected chi connectivity index (χ4v) is 6.99. The van der Waals surface area contributed by atoms with Gasteiger partial charge in [-0.25, -0.2) is 9.18 Å². The third kappa shape index (κ3) is 4.55. The van der Waals surface area contributed by atoms with Gasteiger partial charge in [-0.2, -0.15) is 0 Å². The molecule has 40 heavy (non-hydrogen) atoms. The smallest absolute Gasteiger partial charge is 0.340 e. The molecule has 0 aliphatic carbocycles. The zero-order valence-electron chi connectivity index (χ0n) is 22.6. The van der Waals surface area contributed by atoms with Gasteiger partial charge in [0.25, 0.3) is 5.91 Å². The van der Waals surface area contributed by atoms with Crippen molar-refractivity contribution in [3.63, 3.8) is 0 Å². The molecule has 0 radical (unpaired) electrons. The summed E-state index contributed by atoms with van der Waals surface area (Å²) in [6.07, 6.45) is 1.89. The third-order valence-electron chi connectivity index (χ3n) is 8.12. The van der Waals surface area contributed by atoms with Gasteiger partial charge in [0.05, 0.1) is 50.2 Å². The minimum atomic E-state index is -0.578. The Bertz CT molecular complexity index is 1490. The van der Waals surface area contributed by atoms with Crippen LogP contribution >= 0.6 is 15.9 Å². The Hall–Kier alpha value is -3.43. The lowest BCUT2D eigenvalue weighted by molar-refractivity contribution is 0.0514. The van der Waals surface area contributed by atoms with E-state index in [0.717, 1.165) is 34.0 Å². The van der Waals surface area contributed by atoms with Gasteiger partial charge in [-0.3, -0.25) is 4.79 Å². The van der Waals surface area contributed by atoms with Crippen molar-refractivity contribution < 1.29 is 28.2 Å². The molecule has 3 aromatic rings. The van der Waals surface area contributed by atoms with Crippen LogP contribution in [0.15, 0.2) is 46.9 Å². The average molecular weight is 609 g/mol. The van der Waals surface area contributed by atoms with E-state index < -0.39 is 11.8 Å². The minimum absolute atomic E-state index is 0.0418. The lowest BCUT2D eigenvalue weighted by Gasteiger charge is -2.38. The van der Waals surface area contributed by atoms with E-state index in [4.69, 9.17) is 14.2 Å². The molecule has 2 saturated heterocycles. The van der Waals surface area contributed by atoms with Crippen molar-refractivity contribution in [1.29, 1.82) is 0 Å². The Labute approximate surface area is 240 Å². The standard InChI is InChI=1S/C31H30BrFN2O5/c1-17-9-20(32)10-18(2)28(17)30(36)34-13-19-5-4-6-23(29(19)40-16-34)24-12-27(25(11-26(24)33)31(37)38-3)35-21-7-8-22(35)15-39-14-21/h4-6,9-12,21-22H,7-8,13-16H2,1-3H3. The number of carbonyl (C=O) groups excluding carboxylic acids is 2. The van der Waals surface area contributed by atoms with Gasteiger partial charge in [-0.15, -0.1) is 0 Å². The van der Waals surface area contributed by atoms with Crippen LogP contribution in [-0.2, 0) is 16.0 Å². The molecule has 6 rings (SSSR count). The maximum absolute atomic E-state index is 15.7. The van der Waals surface area contributed by atoms with Gasteiger partial charge >= 0.3 is 5.97 Å². The zero-order chi connectivity index (χ0) is 28.1. The first-order valence-corrected chi connectivity index (χ1v) is 14.1. The van der Waals surface area contributed by atoms with Gasteiger partial charge in [0.2, 0.25) is 0 Å². The molecular weight excluding hydrogens is 579 g/mol. The number of hydrogen-bond acceptors (Lipinski definition) is 6. The number of hydrogen-bond donors (Lipinski definition) is 0. The Morgan fingerprint density at radius 1 is 1.02 bits per heavy atom. The number of carbonyl (C=O) groups is 2. The maximum atomic E-state index is 15.7. The number of fused-ring (bicyclic) bond motifs is 3. The van der Waals surface area contributed by atoms with Crippen molar-refractivity contribution in [2.24, 2.45) is 0 Å². The first kappa shape index (κ1) is 26.8. The van der Waals surface area contributed by atoms with Crippen LogP contribution in [-0.4, -0.2) is 55.9 Å². The van der Waals surface area contributed by atoms with E-state index in [1.54, 1.807) is 11.0 Å². The monoisotopic (exact) mass is 608 g/mol. The average Bonchev–Trinajstić information content (AvgIpc) is 3.18. The van der Waals surface area contributed by atoms with Crippen LogP contribution in [0.2, 0.25) is 0 Å². The number of morpholine rings is 1. The molecule has 208 valence electrons. The van der Waals surface area contributed by atoms with Crippen LogP contribution in [0.25, 0.3) is 11.1 Å². The molecule has 3 aliphatic heterocycles. The maximum Gasteiger partial charge on any atom is 0.340 e. The molecule has 2 bridgehead atoms. The Morgan fingerprint density at radius 3 is 2.40 bits per heavy atom. The minimum Gasteiger partial charge on any atom is -0.472 e. The van der Waals surface area contributed by atoms with Crippen LogP contribution in [0.4, 0.5) is 10.1 Å². The van der Waals surface area contributed by atoms with Crippen molar-refractivity contribution in [3.05, 3.63) is 80.6 Å². The topological polar surface area (TPSA) is 68.3 Å². The lowest BCUT2D eigenvalue weighted by atomic mass is 9.96. The van der Waals surface area contributed by atoms with Crippen LogP contribution in [0.3, 0.4) is 0 Å². The number of methoxy groups -OCH3 is 1. The number of ether oxygens (including phenoxy) is 3. The second kappa shape index (κ2) is 10.5. The first-order chi connectivity index (χ1) is 19.3. The van der Waals surface area contributed by atoms with Gasteiger partial charge in [-0.05, 0) is 62.1 Å². The number of nitrogens with zero attached hydrogens (tertiary/aromatic N) is 2. The van der Waals surface area contributed by atoms with Crippen LogP contribution in [0.1, 0.15) is 50.2 Å². The summed E-state index contributed by atoms with van der Waals surface area (Å²) in [4.78, 5) is 30.1. The van der Waals surface area contributed by atoms with Gasteiger partial charge in [-0.1, -0.05) is 34.1 Å². The number of aryl methyl sites for hydroxylation is 2. The Morgan fingerprint density at radius 2 is 1.73 bits per heavy atom. The Balaban J connectivity index is 1.38. The summed E-state index contributed by atoms with van der Waals surface area (Å²) < 4.78 is 33.6. The van der Waals surface area contributed by atoms with Gasteiger partial charge < -0.3 is 24.0 Å². The molecule has 0 spiro atoms. The second-order valence-electron chi connectivity index (χ2n) is 10.7. The highest BCUT2D eigenvalue weighted by Crippen LogP contribution is 2.43. The molecule has 0 aromatic heterocycles. The number of halogens is 2. The van der Waals surface area contributed by atoms with Gasteiger partial charge in [0.1, 0.15) is 11.6 Å². The van der Waals surface area contributed by atoms with Crippen molar-refractivity contribution in [2.45, 2.75) is 45.3 Å². The molecule has 1 amide bonds. The number of esters is 1. The molecule has 2 unspecified atom stereocenters. The van der Waals surface area contributed by atoms with E-state index in [-0.39, 0.29) is 30.3 Å². The number of anilines is 1. The van der Waals surface area contributed by atoms with Crippen LogP contribution < -0.4 is 9.64 Å². The molecule has 3 heterocycles. The van der Waals surface area contributed by atoms with Crippen LogP contribution in [0, 0.1) is 19.7 Å². The number of rotatable bonds is 4. The SMILES string of the molecule is COC(=O)c1cc(F)c(-c2cccc3c2OCN(C(=O)c2c(C)cc(Br)cc2C)C3)cc1N1C2CCC1COC2. The fourth-order valence-electron chi connectivity index (χ4n) is 6.30. The molecule has 2 fully saturated rings. The number of benzene rings is 3. The van der Waals surface area contributed by atoms with E-state index in [0.29, 0.717) is 47.9 Å². The highest BCUT2D eigenvalue weighted by atomic mass is 79.9. The van der Waals surface area contributed by atoms with E-state index in [1.807, 2.05) is 44.2 Å². The van der Waals surface area contributed by atoms with E-state index in [9.17, 15) is 9.59 Å². The summed E-state index contributed by atoms with van der Waals surface area (Å²) in [6.45, 7) is 5.34. The normalized spacial score (nSPS) is 19.7. The molecular formula is C31H30BrFN2O5. The van der Waals surface area contributed by atoms with Crippen molar-refractivity contribution in [3.8, 4) is 16.9 Å². The molecule has 9 heteroatoms. The van der Waals surface area contributed by atoms with E-state index in [1.165, 1.54) is 13.2 Å². The fraction of sp³-hybridized carbons (Fsp3) is 0.355. The molecule has 2 atom stereocenters. The molecule has 0 N–H and O–H groups in total. The second-order valence-corrected chi connectivity index (χ2v) is 11.6. The molecule has 3 aliphatic rings. The summed E-state index contributed by atoms with van der Waals surface area (Å²) in [6, 6.07) is 12.6. The zero-order valence-corrected chi connectivity index (χ0v) is 24.2. The largest absolute Gasteiger partial charge is 0.472 e. The van der Waals surface area contributed by atoms with Crippen LogP contribution in [0.5, 0.6) is 5.75 Å². The van der Waals surface area contributed by atoms with Crippen molar-refractivity contribution in [1.82, 2.24) is 4.90 Å². The molecule has 0 saturated carbocycles. The van der Waals surface area contributed by atoms with E-state index >= 15 is 4.39 Å². The summed E-state index contributed by atoms with van der Waals surface area (Å²) in [5.74, 6) is -0.694. The Kier molecular flexibility index (Phi) is 7.04. The quantitative estimate of drug-likeness (QED) is 0.337. The van der Waals surface area contributed by atoms with Crippen molar-refractivity contribution >= 4 is 33.5 Å². The van der Waals surface area contributed by atoms with Gasteiger partial charge in [0.15, 0.2) is 6.73 Å². The highest BCUT2D eigenvalue weighted by molar-refractivity contribution is 9.10. The summed E-state index contributed by atoms with van der Waals surface area (Å²) in [5.41, 5.74) is 4.97. The highest BCUT2D eigenvalue weighted by Gasteiger charge is 2.40. The predicted molar refractivity (Wildman–Crippen MR) is 152 cm³/mol.